The Balaban J connectivity index is 1.81. The summed E-state index contributed by atoms with van der Waals surface area (Å²) < 4.78 is 10.2. The molecule has 1 N–H and O–H groups in total. The third-order valence-corrected chi connectivity index (χ3v) is 4.13. The second-order valence-corrected chi connectivity index (χ2v) is 6.29. The predicted molar refractivity (Wildman–Crippen MR) is 102 cm³/mol. The van der Waals surface area contributed by atoms with Crippen LogP contribution in [0.15, 0.2) is 48.5 Å². The number of halogens is 1. The monoisotopic (exact) mass is 375 g/mol. The summed E-state index contributed by atoms with van der Waals surface area (Å²) in [6.07, 6.45) is 0.961. The summed E-state index contributed by atoms with van der Waals surface area (Å²) in [5.74, 6) is -0.242. The lowest BCUT2D eigenvalue weighted by atomic mass is 9.97. The molecule has 2 aromatic carbocycles. The van der Waals surface area contributed by atoms with Gasteiger partial charge >= 0.3 is 5.97 Å². The molecule has 0 fully saturated rings. The van der Waals surface area contributed by atoms with Crippen molar-refractivity contribution in [2.45, 2.75) is 26.2 Å². The van der Waals surface area contributed by atoms with Crippen molar-refractivity contribution in [2.24, 2.45) is 0 Å². The first-order valence-corrected chi connectivity index (χ1v) is 8.80. The standard InChI is InChI=1S/C20H22ClNO4/c1-3-14(2)17-9-4-5-10-18(17)22-19(23)12-26-20(24)13-25-16-8-6-7-15(21)11-16/h4-11,14H,3,12-13H2,1-2H3,(H,22,23)/t14-/m0/s1. The van der Waals surface area contributed by atoms with Gasteiger partial charge in [-0.2, -0.15) is 0 Å². The molecule has 1 amide bonds. The van der Waals surface area contributed by atoms with E-state index < -0.39 is 11.9 Å². The van der Waals surface area contributed by atoms with E-state index in [0.717, 1.165) is 17.7 Å². The highest BCUT2D eigenvalue weighted by Gasteiger charge is 2.13. The first-order chi connectivity index (χ1) is 12.5. The van der Waals surface area contributed by atoms with Crippen LogP contribution >= 0.6 is 11.6 Å². The van der Waals surface area contributed by atoms with E-state index in [1.165, 1.54) is 0 Å². The van der Waals surface area contributed by atoms with E-state index in [9.17, 15) is 9.59 Å². The molecule has 0 aromatic heterocycles. The van der Waals surface area contributed by atoms with Gasteiger partial charge in [0.05, 0.1) is 0 Å². The number of benzene rings is 2. The van der Waals surface area contributed by atoms with Crippen molar-refractivity contribution in [3.05, 3.63) is 59.1 Å². The lowest BCUT2D eigenvalue weighted by Crippen LogP contribution is -2.24. The molecule has 6 heteroatoms. The van der Waals surface area contributed by atoms with Crippen molar-refractivity contribution in [1.82, 2.24) is 0 Å². The summed E-state index contributed by atoms with van der Waals surface area (Å²) in [4.78, 5) is 23.8. The highest BCUT2D eigenvalue weighted by atomic mass is 35.5. The molecule has 0 aliphatic heterocycles. The number of carbonyl (C=O) groups excluding carboxylic acids is 2. The summed E-state index contributed by atoms with van der Waals surface area (Å²) in [5, 5.41) is 3.30. The zero-order chi connectivity index (χ0) is 18.9. The van der Waals surface area contributed by atoms with Gasteiger partial charge in [0.1, 0.15) is 5.75 Å². The normalized spacial score (nSPS) is 11.5. The smallest absolute Gasteiger partial charge is 0.344 e. The molecule has 0 heterocycles. The quantitative estimate of drug-likeness (QED) is 0.694. The molecule has 0 bridgehead atoms. The lowest BCUT2D eigenvalue weighted by Gasteiger charge is -2.15. The van der Waals surface area contributed by atoms with Gasteiger partial charge in [0.25, 0.3) is 5.91 Å². The number of esters is 1. The molecule has 26 heavy (non-hydrogen) atoms. The van der Waals surface area contributed by atoms with E-state index in [-0.39, 0.29) is 13.2 Å². The number of nitrogens with one attached hydrogen (secondary N) is 1. The Bertz CT molecular complexity index is 763. The minimum absolute atomic E-state index is 0.295. The Morgan fingerprint density at radius 3 is 2.62 bits per heavy atom. The van der Waals surface area contributed by atoms with Crippen LogP contribution in [0, 0.1) is 0 Å². The third kappa shape index (κ3) is 6.08. The van der Waals surface area contributed by atoms with Crippen molar-refractivity contribution in [3.63, 3.8) is 0 Å². The van der Waals surface area contributed by atoms with Gasteiger partial charge in [0.2, 0.25) is 0 Å². The fourth-order valence-corrected chi connectivity index (χ4v) is 2.51. The van der Waals surface area contributed by atoms with E-state index in [1.807, 2.05) is 24.3 Å². The first kappa shape index (κ1) is 19.8. The van der Waals surface area contributed by atoms with Crippen molar-refractivity contribution in [3.8, 4) is 5.75 Å². The van der Waals surface area contributed by atoms with Gasteiger partial charge in [-0.05, 0) is 42.2 Å². The third-order valence-electron chi connectivity index (χ3n) is 3.90. The highest BCUT2D eigenvalue weighted by molar-refractivity contribution is 6.30. The van der Waals surface area contributed by atoms with Gasteiger partial charge in [0.15, 0.2) is 13.2 Å². The number of hydrogen-bond acceptors (Lipinski definition) is 4. The van der Waals surface area contributed by atoms with Crippen LogP contribution in [-0.4, -0.2) is 25.1 Å². The second kappa shape index (κ2) is 9.82. The number of hydrogen-bond donors (Lipinski definition) is 1. The van der Waals surface area contributed by atoms with Gasteiger partial charge in [-0.3, -0.25) is 4.79 Å². The van der Waals surface area contributed by atoms with Crippen LogP contribution in [0.25, 0.3) is 0 Å². The Labute approximate surface area is 158 Å². The zero-order valence-corrected chi connectivity index (χ0v) is 15.6. The summed E-state index contributed by atoms with van der Waals surface area (Å²) in [6.45, 7) is 3.52. The van der Waals surface area contributed by atoms with Crippen molar-refractivity contribution >= 4 is 29.2 Å². The number of anilines is 1. The van der Waals surface area contributed by atoms with E-state index in [2.05, 4.69) is 19.2 Å². The van der Waals surface area contributed by atoms with Crippen LogP contribution in [0.2, 0.25) is 5.02 Å². The number of ether oxygens (including phenoxy) is 2. The minimum atomic E-state index is -0.629. The number of carbonyl (C=O) groups is 2. The van der Waals surface area contributed by atoms with Gasteiger partial charge in [-0.25, -0.2) is 4.79 Å². The molecule has 0 spiro atoms. The SMILES string of the molecule is CC[C@H](C)c1ccccc1NC(=O)COC(=O)COc1cccc(Cl)c1. The largest absolute Gasteiger partial charge is 0.482 e. The van der Waals surface area contributed by atoms with Crippen molar-refractivity contribution < 1.29 is 19.1 Å². The molecule has 138 valence electrons. The maximum atomic E-state index is 12.1. The zero-order valence-electron chi connectivity index (χ0n) is 14.8. The lowest BCUT2D eigenvalue weighted by molar-refractivity contribution is -0.149. The Morgan fingerprint density at radius 2 is 1.88 bits per heavy atom. The van der Waals surface area contributed by atoms with Crippen LogP contribution in [0.1, 0.15) is 31.7 Å². The maximum Gasteiger partial charge on any atom is 0.344 e. The molecule has 0 saturated heterocycles. The second-order valence-electron chi connectivity index (χ2n) is 5.85. The van der Waals surface area contributed by atoms with Gasteiger partial charge < -0.3 is 14.8 Å². The van der Waals surface area contributed by atoms with Gasteiger partial charge in [0, 0.05) is 10.7 Å². The van der Waals surface area contributed by atoms with Gasteiger partial charge in [-0.1, -0.05) is 49.7 Å². The van der Waals surface area contributed by atoms with Crippen molar-refractivity contribution in [1.29, 1.82) is 0 Å². The molecule has 1 atom stereocenters. The van der Waals surface area contributed by atoms with Crippen LogP contribution in [-0.2, 0) is 14.3 Å². The highest BCUT2D eigenvalue weighted by Crippen LogP contribution is 2.26. The molecule has 0 aliphatic rings. The minimum Gasteiger partial charge on any atom is -0.482 e. The average Bonchev–Trinajstić information content (AvgIpc) is 2.64. The molecule has 0 radical (unpaired) electrons. The van der Waals surface area contributed by atoms with Crippen LogP contribution in [0.3, 0.4) is 0 Å². The topological polar surface area (TPSA) is 64.6 Å². The Kier molecular flexibility index (Phi) is 7.48. The molecule has 2 aromatic rings. The summed E-state index contributed by atoms with van der Waals surface area (Å²) in [5.41, 5.74) is 1.79. The fourth-order valence-electron chi connectivity index (χ4n) is 2.33. The molecule has 0 saturated carbocycles. The van der Waals surface area contributed by atoms with Crippen LogP contribution in [0.4, 0.5) is 5.69 Å². The molecule has 0 unspecified atom stereocenters. The average molecular weight is 376 g/mol. The fraction of sp³-hybridized carbons (Fsp3) is 0.300. The summed E-state index contributed by atoms with van der Waals surface area (Å²) in [6, 6.07) is 14.3. The summed E-state index contributed by atoms with van der Waals surface area (Å²) >= 11 is 5.84. The molecular formula is C20H22ClNO4. The van der Waals surface area contributed by atoms with E-state index in [1.54, 1.807) is 24.3 Å². The summed E-state index contributed by atoms with van der Waals surface area (Å²) in [7, 11) is 0. The molecule has 2 rings (SSSR count). The number of rotatable bonds is 8. The number of para-hydroxylation sites is 1. The van der Waals surface area contributed by atoms with E-state index in [4.69, 9.17) is 21.1 Å². The van der Waals surface area contributed by atoms with E-state index in [0.29, 0.717) is 16.7 Å². The Morgan fingerprint density at radius 1 is 1.12 bits per heavy atom. The Hall–Kier alpha value is -2.53. The first-order valence-electron chi connectivity index (χ1n) is 8.42. The molecule has 5 nitrogen and oxygen atoms in total. The number of amides is 1. The van der Waals surface area contributed by atoms with Crippen LogP contribution in [0.5, 0.6) is 5.75 Å². The van der Waals surface area contributed by atoms with Crippen molar-refractivity contribution in [2.75, 3.05) is 18.5 Å². The molecule has 0 aliphatic carbocycles. The van der Waals surface area contributed by atoms with Gasteiger partial charge in [-0.15, -0.1) is 0 Å². The predicted octanol–water partition coefficient (Wildman–Crippen LogP) is 4.41. The maximum absolute atomic E-state index is 12.1. The molecular weight excluding hydrogens is 354 g/mol. The van der Waals surface area contributed by atoms with Crippen LogP contribution < -0.4 is 10.1 Å². The van der Waals surface area contributed by atoms with E-state index >= 15 is 0 Å².